The Morgan fingerprint density at radius 2 is 1.68 bits per heavy atom. The molecule has 0 unspecified atom stereocenters. The van der Waals surface area contributed by atoms with E-state index in [4.69, 9.17) is 11.6 Å². The second-order valence-electron chi connectivity index (χ2n) is 5.51. The number of halogens is 4. The van der Waals surface area contributed by atoms with Crippen LogP contribution in [0.1, 0.15) is 23.6 Å². The van der Waals surface area contributed by atoms with E-state index in [1.807, 2.05) is 0 Å². The van der Waals surface area contributed by atoms with Gasteiger partial charge in [-0.2, -0.15) is 17.5 Å². The molecule has 0 heterocycles. The number of alkyl halides is 3. The molecule has 0 bridgehead atoms. The highest BCUT2D eigenvalue weighted by atomic mass is 35.5. The van der Waals surface area contributed by atoms with Crippen LogP contribution in [0.25, 0.3) is 0 Å². The average molecular weight is 392 g/mol. The molecule has 0 aliphatic rings. The summed E-state index contributed by atoms with van der Waals surface area (Å²) in [6, 6.07) is 11.2. The van der Waals surface area contributed by atoms with Gasteiger partial charge in [0.15, 0.2) is 0 Å². The van der Waals surface area contributed by atoms with E-state index in [0.717, 1.165) is 12.1 Å². The quantitative estimate of drug-likeness (QED) is 0.715. The zero-order chi connectivity index (χ0) is 18.7. The molecule has 0 atom stereocenters. The van der Waals surface area contributed by atoms with Crippen LogP contribution in [0, 0.1) is 0 Å². The molecule has 0 aliphatic carbocycles. The van der Waals surface area contributed by atoms with Gasteiger partial charge >= 0.3 is 6.18 Å². The SMILES string of the molecule is CCN(Cc1cccc(Cl)c1)S(=O)(=O)Cc1cccc(C(F)(F)F)c1. The molecule has 2 rings (SSSR count). The summed E-state index contributed by atoms with van der Waals surface area (Å²) < 4.78 is 64.7. The van der Waals surface area contributed by atoms with Crippen LogP contribution in [-0.4, -0.2) is 19.3 Å². The molecular weight excluding hydrogens is 375 g/mol. The lowest BCUT2D eigenvalue weighted by Crippen LogP contribution is -2.31. The molecule has 0 spiro atoms. The summed E-state index contributed by atoms with van der Waals surface area (Å²) in [6.07, 6.45) is -4.51. The highest BCUT2D eigenvalue weighted by Gasteiger charge is 2.31. The van der Waals surface area contributed by atoms with Gasteiger partial charge in [-0.15, -0.1) is 0 Å². The molecule has 2 aromatic carbocycles. The third-order valence-electron chi connectivity index (χ3n) is 3.60. The monoisotopic (exact) mass is 391 g/mol. The number of hydrogen-bond donors (Lipinski definition) is 0. The van der Waals surface area contributed by atoms with Gasteiger partial charge < -0.3 is 0 Å². The van der Waals surface area contributed by atoms with Crippen LogP contribution in [0.2, 0.25) is 5.02 Å². The predicted octanol–water partition coefficient (Wildman–Crippen LogP) is 4.71. The van der Waals surface area contributed by atoms with Gasteiger partial charge in [-0.05, 0) is 29.3 Å². The zero-order valence-corrected chi connectivity index (χ0v) is 15.0. The number of benzene rings is 2. The maximum absolute atomic E-state index is 12.8. The number of hydrogen-bond acceptors (Lipinski definition) is 2. The molecule has 136 valence electrons. The third kappa shape index (κ3) is 5.45. The van der Waals surface area contributed by atoms with Crippen molar-refractivity contribution in [3.8, 4) is 0 Å². The van der Waals surface area contributed by atoms with Crippen molar-refractivity contribution in [2.75, 3.05) is 6.54 Å². The van der Waals surface area contributed by atoms with Crippen molar-refractivity contribution in [2.45, 2.75) is 25.4 Å². The Morgan fingerprint density at radius 1 is 1.04 bits per heavy atom. The smallest absolute Gasteiger partial charge is 0.212 e. The van der Waals surface area contributed by atoms with Gasteiger partial charge in [0, 0.05) is 18.1 Å². The fraction of sp³-hybridized carbons (Fsp3) is 0.294. The number of sulfonamides is 1. The molecule has 2 aromatic rings. The first-order valence-corrected chi connectivity index (χ1v) is 9.49. The molecule has 3 nitrogen and oxygen atoms in total. The van der Waals surface area contributed by atoms with E-state index in [-0.39, 0.29) is 18.7 Å². The second-order valence-corrected chi connectivity index (χ2v) is 7.92. The Morgan fingerprint density at radius 3 is 2.28 bits per heavy atom. The predicted molar refractivity (Wildman–Crippen MR) is 91.6 cm³/mol. The van der Waals surface area contributed by atoms with Crippen LogP contribution >= 0.6 is 11.6 Å². The highest BCUT2D eigenvalue weighted by molar-refractivity contribution is 7.88. The lowest BCUT2D eigenvalue weighted by atomic mass is 10.1. The van der Waals surface area contributed by atoms with Gasteiger partial charge in [-0.1, -0.05) is 48.9 Å². The minimum atomic E-state index is -4.51. The van der Waals surface area contributed by atoms with E-state index < -0.39 is 27.5 Å². The minimum absolute atomic E-state index is 0.0966. The van der Waals surface area contributed by atoms with E-state index in [1.165, 1.54) is 16.4 Å². The van der Waals surface area contributed by atoms with E-state index in [0.29, 0.717) is 10.6 Å². The Balaban J connectivity index is 2.21. The molecule has 0 aliphatic heterocycles. The molecule has 8 heteroatoms. The van der Waals surface area contributed by atoms with E-state index in [9.17, 15) is 21.6 Å². The van der Waals surface area contributed by atoms with E-state index in [2.05, 4.69) is 0 Å². The summed E-state index contributed by atoms with van der Waals surface area (Å²) in [7, 11) is -3.78. The van der Waals surface area contributed by atoms with E-state index >= 15 is 0 Å². The zero-order valence-electron chi connectivity index (χ0n) is 13.4. The number of rotatable bonds is 6. The summed E-state index contributed by atoms with van der Waals surface area (Å²) in [4.78, 5) is 0. The molecule has 0 fully saturated rings. The summed E-state index contributed by atoms with van der Waals surface area (Å²) >= 11 is 5.90. The summed E-state index contributed by atoms with van der Waals surface area (Å²) in [6.45, 7) is 1.99. The standard InChI is InChI=1S/C17H17ClF3NO2S/c1-2-22(11-13-5-4-8-16(18)10-13)25(23,24)12-14-6-3-7-15(9-14)17(19,20)21/h3-10H,2,11-12H2,1H3. The summed E-state index contributed by atoms with van der Waals surface area (Å²) in [5, 5.41) is 0.490. The highest BCUT2D eigenvalue weighted by Crippen LogP contribution is 2.30. The Hall–Kier alpha value is -1.57. The maximum Gasteiger partial charge on any atom is 0.416 e. The summed E-state index contributed by atoms with van der Waals surface area (Å²) in [5.41, 5.74) is -0.0561. The first kappa shape index (κ1) is 19.8. The second kappa shape index (κ2) is 7.76. The first-order valence-electron chi connectivity index (χ1n) is 7.50. The maximum atomic E-state index is 12.8. The van der Waals surface area contributed by atoms with Crippen molar-refractivity contribution in [3.63, 3.8) is 0 Å². The molecule has 0 aromatic heterocycles. The summed E-state index contributed by atoms with van der Waals surface area (Å²) in [5.74, 6) is -0.495. The molecule has 0 saturated heterocycles. The number of nitrogens with zero attached hydrogens (tertiary/aromatic N) is 1. The third-order valence-corrected chi connectivity index (χ3v) is 5.70. The molecular formula is C17H17ClF3NO2S. The van der Waals surface area contributed by atoms with Gasteiger partial charge in [-0.25, -0.2) is 8.42 Å². The van der Waals surface area contributed by atoms with Gasteiger partial charge in [0.25, 0.3) is 0 Å². The Bertz CT molecular complexity index is 838. The van der Waals surface area contributed by atoms with Crippen molar-refractivity contribution >= 4 is 21.6 Å². The topological polar surface area (TPSA) is 37.4 Å². The first-order chi connectivity index (χ1) is 11.6. The van der Waals surface area contributed by atoms with Gasteiger partial charge in [0.2, 0.25) is 10.0 Å². The molecule has 0 radical (unpaired) electrons. The van der Waals surface area contributed by atoms with Crippen LogP contribution < -0.4 is 0 Å². The van der Waals surface area contributed by atoms with Crippen molar-refractivity contribution in [3.05, 3.63) is 70.2 Å². The fourth-order valence-corrected chi connectivity index (χ4v) is 4.12. The molecule has 0 saturated carbocycles. The van der Waals surface area contributed by atoms with Crippen LogP contribution in [0.3, 0.4) is 0 Å². The van der Waals surface area contributed by atoms with E-state index in [1.54, 1.807) is 31.2 Å². The fourth-order valence-electron chi connectivity index (χ4n) is 2.39. The lowest BCUT2D eigenvalue weighted by Gasteiger charge is -2.21. The van der Waals surface area contributed by atoms with Crippen molar-refractivity contribution in [2.24, 2.45) is 0 Å². The van der Waals surface area contributed by atoms with Crippen LogP contribution in [-0.2, 0) is 28.5 Å². The van der Waals surface area contributed by atoms with Gasteiger partial charge in [-0.3, -0.25) is 0 Å². The van der Waals surface area contributed by atoms with Crippen molar-refractivity contribution < 1.29 is 21.6 Å². The molecule has 0 N–H and O–H groups in total. The van der Waals surface area contributed by atoms with Crippen molar-refractivity contribution in [1.82, 2.24) is 4.31 Å². The molecule has 25 heavy (non-hydrogen) atoms. The van der Waals surface area contributed by atoms with Crippen molar-refractivity contribution in [1.29, 1.82) is 0 Å². The Labute approximate surface area is 150 Å². The lowest BCUT2D eigenvalue weighted by molar-refractivity contribution is -0.137. The van der Waals surface area contributed by atoms with Gasteiger partial charge in [0.05, 0.1) is 11.3 Å². The van der Waals surface area contributed by atoms with Crippen LogP contribution in [0.4, 0.5) is 13.2 Å². The van der Waals surface area contributed by atoms with Gasteiger partial charge in [0.1, 0.15) is 0 Å². The van der Waals surface area contributed by atoms with Crippen LogP contribution in [0.5, 0.6) is 0 Å². The molecule has 0 amide bonds. The van der Waals surface area contributed by atoms with Crippen LogP contribution in [0.15, 0.2) is 48.5 Å². The minimum Gasteiger partial charge on any atom is -0.212 e. The Kier molecular flexibility index (Phi) is 6.13. The largest absolute Gasteiger partial charge is 0.416 e. The average Bonchev–Trinajstić information content (AvgIpc) is 2.51. The normalized spacial score (nSPS) is 12.6.